The summed E-state index contributed by atoms with van der Waals surface area (Å²) in [6.45, 7) is 6.72. The largest absolute Gasteiger partial charge is 0.465 e. The van der Waals surface area contributed by atoms with E-state index in [4.69, 9.17) is 4.74 Å². The molecule has 0 saturated heterocycles. The quantitative estimate of drug-likeness (QED) is 0.416. The van der Waals surface area contributed by atoms with E-state index in [0.29, 0.717) is 13.0 Å². The average molecular weight is 272 g/mol. The van der Waals surface area contributed by atoms with Crippen LogP contribution in [0.25, 0.3) is 0 Å². The van der Waals surface area contributed by atoms with Crippen LogP contribution < -0.4 is 0 Å². The molecule has 1 aromatic carbocycles. The minimum Gasteiger partial charge on any atom is -0.465 e. The zero-order chi connectivity index (χ0) is 14.8. The van der Waals surface area contributed by atoms with Crippen molar-refractivity contribution in [3.05, 3.63) is 59.2 Å². The van der Waals surface area contributed by atoms with Gasteiger partial charge in [-0.2, -0.15) is 0 Å². The highest BCUT2D eigenvalue weighted by Crippen LogP contribution is 2.08. The number of rotatable bonds is 7. The summed E-state index contributed by atoms with van der Waals surface area (Å²) in [6, 6.07) is 9.68. The molecule has 2 heteroatoms. The second-order valence-electron chi connectivity index (χ2n) is 5.01. The van der Waals surface area contributed by atoms with Crippen molar-refractivity contribution >= 4 is 5.97 Å². The summed E-state index contributed by atoms with van der Waals surface area (Å²) < 4.78 is 5.25. The number of benzene rings is 1. The minimum atomic E-state index is -0.150. The molecule has 0 aliphatic heterocycles. The van der Waals surface area contributed by atoms with Crippen LogP contribution >= 0.6 is 0 Å². The van der Waals surface area contributed by atoms with Gasteiger partial charge in [0.15, 0.2) is 0 Å². The molecule has 0 N–H and O–H groups in total. The van der Waals surface area contributed by atoms with Gasteiger partial charge in [0.1, 0.15) is 0 Å². The molecule has 0 radical (unpaired) electrons. The molecule has 0 saturated carbocycles. The van der Waals surface area contributed by atoms with Crippen LogP contribution in [0.15, 0.2) is 53.6 Å². The molecule has 0 aliphatic rings. The lowest BCUT2D eigenvalue weighted by Gasteiger charge is -2.05. The highest BCUT2D eigenvalue weighted by atomic mass is 16.5. The fraction of sp³-hybridized carbons (Fsp3) is 0.389. The molecule has 1 rings (SSSR count). The maximum Gasteiger partial charge on any atom is 0.310 e. The second-order valence-corrected chi connectivity index (χ2v) is 5.01. The molecule has 108 valence electrons. The summed E-state index contributed by atoms with van der Waals surface area (Å²) in [6.07, 6.45) is 6.45. The topological polar surface area (TPSA) is 26.3 Å². The third-order valence-electron chi connectivity index (χ3n) is 3.10. The fourth-order valence-electron chi connectivity index (χ4n) is 1.89. The lowest BCUT2D eigenvalue weighted by atomic mass is 10.1. The summed E-state index contributed by atoms with van der Waals surface area (Å²) >= 11 is 0. The Balaban J connectivity index is 2.21. The SMILES string of the molecule is C/C=C(C)/C=C(\C)CCCOC(=O)Cc1ccccc1. The first-order valence-electron chi connectivity index (χ1n) is 7.11. The monoisotopic (exact) mass is 272 g/mol. The van der Waals surface area contributed by atoms with Crippen molar-refractivity contribution in [1.82, 2.24) is 0 Å². The van der Waals surface area contributed by atoms with Crippen LogP contribution in [0.3, 0.4) is 0 Å². The molecule has 0 bridgehead atoms. The van der Waals surface area contributed by atoms with Crippen LogP contribution in [-0.4, -0.2) is 12.6 Å². The van der Waals surface area contributed by atoms with E-state index in [-0.39, 0.29) is 5.97 Å². The summed E-state index contributed by atoms with van der Waals surface area (Å²) in [5.41, 5.74) is 3.58. The number of carbonyl (C=O) groups excluding carboxylic acids is 1. The van der Waals surface area contributed by atoms with Crippen LogP contribution in [0.5, 0.6) is 0 Å². The summed E-state index contributed by atoms with van der Waals surface area (Å²) in [7, 11) is 0. The van der Waals surface area contributed by atoms with Crippen LogP contribution in [0.1, 0.15) is 39.2 Å². The van der Waals surface area contributed by atoms with Gasteiger partial charge in [0.05, 0.1) is 13.0 Å². The Labute approximate surface area is 122 Å². The van der Waals surface area contributed by atoms with Gasteiger partial charge in [-0.25, -0.2) is 0 Å². The summed E-state index contributed by atoms with van der Waals surface area (Å²) in [5, 5.41) is 0. The van der Waals surface area contributed by atoms with Gasteiger partial charge in [0.25, 0.3) is 0 Å². The Kier molecular flexibility index (Phi) is 7.41. The van der Waals surface area contributed by atoms with Crippen molar-refractivity contribution in [3.63, 3.8) is 0 Å². The van der Waals surface area contributed by atoms with Gasteiger partial charge >= 0.3 is 5.97 Å². The van der Waals surface area contributed by atoms with E-state index in [1.165, 1.54) is 11.1 Å². The van der Waals surface area contributed by atoms with Crippen molar-refractivity contribution in [2.75, 3.05) is 6.61 Å². The Hall–Kier alpha value is -1.83. The van der Waals surface area contributed by atoms with E-state index in [1.54, 1.807) is 0 Å². The molecule has 0 heterocycles. The van der Waals surface area contributed by atoms with E-state index in [0.717, 1.165) is 18.4 Å². The van der Waals surface area contributed by atoms with Crippen molar-refractivity contribution in [2.45, 2.75) is 40.0 Å². The highest BCUT2D eigenvalue weighted by Gasteiger charge is 2.03. The average Bonchev–Trinajstić information content (AvgIpc) is 2.44. The molecule has 0 unspecified atom stereocenters. The highest BCUT2D eigenvalue weighted by molar-refractivity contribution is 5.72. The molecule has 0 atom stereocenters. The molecule has 0 aromatic heterocycles. The predicted molar refractivity (Wildman–Crippen MR) is 83.5 cm³/mol. The van der Waals surface area contributed by atoms with Crippen LogP contribution in [0.2, 0.25) is 0 Å². The zero-order valence-electron chi connectivity index (χ0n) is 12.7. The maximum absolute atomic E-state index is 11.6. The van der Waals surface area contributed by atoms with Crippen molar-refractivity contribution in [3.8, 4) is 0 Å². The first-order valence-corrected chi connectivity index (χ1v) is 7.11. The number of carbonyl (C=O) groups is 1. The summed E-state index contributed by atoms with van der Waals surface area (Å²) in [4.78, 5) is 11.6. The van der Waals surface area contributed by atoms with Crippen molar-refractivity contribution in [2.24, 2.45) is 0 Å². The molecule has 2 nitrogen and oxygen atoms in total. The first kappa shape index (κ1) is 16.2. The Bertz CT molecular complexity index is 469. The number of ether oxygens (including phenoxy) is 1. The smallest absolute Gasteiger partial charge is 0.310 e. The number of hydrogen-bond acceptors (Lipinski definition) is 2. The Morgan fingerprint density at radius 2 is 1.90 bits per heavy atom. The predicted octanol–water partition coefficient (Wildman–Crippen LogP) is 4.47. The fourth-order valence-corrected chi connectivity index (χ4v) is 1.89. The number of allylic oxidation sites excluding steroid dienone is 4. The van der Waals surface area contributed by atoms with E-state index in [2.05, 4.69) is 26.0 Å². The van der Waals surface area contributed by atoms with Gasteiger partial charge < -0.3 is 4.74 Å². The first-order chi connectivity index (χ1) is 9.61. The van der Waals surface area contributed by atoms with Gasteiger partial charge in [-0.1, -0.05) is 53.6 Å². The number of hydrogen-bond donors (Lipinski definition) is 0. The molecule has 1 aromatic rings. The van der Waals surface area contributed by atoms with Crippen molar-refractivity contribution in [1.29, 1.82) is 0 Å². The van der Waals surface area contributed by atoms with E-state index < -0.39 is 0 Å². The molecule has 0 fully saturated rings. The molecule has 0 amide bonds. The van der Waals surface area contributed by atoms with Gasteiger partial charge in [-0.15, -0.1) is 0 Å². The molecular weight excluding hydrogens is 248 g/mol. The van der Waals surface area contributed by atoms with Crippen molar-refractivity contribution < 1.29 is 9.53 Å². The van der Waals surface area contributed by atoms with Gasteiger partial charge in [0.2, 0.25) is 0 Å². The zero-order valence-corrected chi connectivity index (χ0v) is 12.7. The van der Waals surface area contributed by atoms with E-state index >= 15 is 0 Å². The molecule has 0 aliphatic carbocycles. The van der Waals surface area contributed by atoms with Crippen LogP contribution in [-0.2, 0) is 16.0 Å². The minimum absolute atomic E-state index is 0.150. The Morgan fingerprint density at radius 3 is 2.55 bits per heavy atom. The summed E-state index contributed by atoms with van der Waals surface area (Å²) in [5.74, 6) is -0.150. The van der Waals surface area contributed by atoms with E-state index in [9.17, 15) is 4.79 Å². The standard InChI is InChI=1S/C18H24O2/c1-4-15(2)13-16(3)9-8-12-20-18(19)14-17-10-6-5-7-11-17/h4-7,10-11,13H,8-9,12,14H2,1-3H3/b15-4+,16-13+. The van der Waals surface area contributed by atoms with Crippen LogP contribution in [0, 0.1) is 0 Å². The molecule has 20 heavy (non-hydrogen) atoms. The maximum atomic E-state index is 11.6. The lowest BCUT2D eigenvalue weighted by Crippen LogP contribution is -2.09. The Morgan fingerprint density at radius 1 is 1.20 bits per heavy atom. The molecule has 0 spiro atoms. The number of esters is 1. The third-order valence-corrected chi connectivity index (χ3v) is 3.10. The van der Waals surface area contributed by atoms with Gasteiger partial charge in [0, 0.05) is 0 Å². The van der Waals surface area contributed by atoms with Crippen LogP contribution in [0.4, 0.5) is 0 Å². The molecular formula is C18H24O2. The van der Waals surface area contributed by atoms with Gasteiger partial charge in [-0.3, -0.25) is 4.79 Å². The van der Waals surface area contributed by atoms with E-state index in [1.807, 2.05) is 37.3 Å². The third kappa shape index (κ3) is 6.93. The normalized spacial score (nSPS) is 12.3. The second kappa shape index (κ2) is 9.13. The van der Waals surface area contributed by atoms with Gasteiger partial charge in [-0.05, 0) is 39.2 Å². The lowest BCUT2D eigenvalue weighted by molar-refractivity contribution is -0.142.